The van der Waals surface area contributed by atoms with Crippen molar-refractivity contribution in [1.29, 1.82) is 0 Å². The van der Waals surface area contributed by atoms with Crippen molar-refractivity contribution in [1.82, 2.24) is 10.6 Å². The van der Waals surface area contributed by atoms with E-state index >= 15 is 0 Å². The van der Waals surface area contributed by atoms with E-state index in [0.29, 0.717) is 13.1 Å². The summed E-state index contributed by atoms with van der Waals surface area (Å²) in [5.41, 5.74) is -0.532. The molecule has 0 aliphatic carbocycles. The predicted molar refractivity (Wildman–Crippen MR) is 116 cm³/mol. The van der Waals surface area contributed by atoms with Crippen molar-refractivity contribution < 1.29 is 19.1 Å². The SMILES string of the molecule is COC(=O)C(C=NCc1ccccc1)(NCc1ccccc1)NC(=O)OC(C)(C)C. The Labute approximate surface area is 177 Å². The summed E-state index contributed by atoms with van der Waals surface area (Å²) in [7, 11) is 1.25. The number of hydrogen-bond donors (Lipinski definition) is 2. The van der Waals surface area contributed by atoms with E-state index in [9.17, 15) is 9.59 Å². The van der Waals surface area contributed by atoms with Crippen molar-refractivity contribution in [3.63, 3.8) is 0 Å². The van der Waals surface area contributed by atoms with Gasteiger partial charge < -0.3 is 9.47 Å². The Balaban J connectivity index is 2.29. The Bertz CT molecular complexity index is 848. The lowest BCUT2D eigenvalue weighted by atomic mass is 10.1. The molecule has 1 amide bonds. The highest BCUT2D eigenvalue weighted by Crippen LogP contribution is 2.11. The third kappa shape index (κ3) is 7.33. The molecular formula is C23H29N3O4. The van der Waals surface area contributed by atoms with Crippen LogP contribution in [0, 0.1) is 0 Å². The summed E-state index contributed by atoms with van der Waals surface area (Å²) in [6.07, 6.45) is 0.596. The number of esters is 1. The molecule has 0 saturated carbocycles. The Hall–Kier alpha value is -3.19. The molecule has 0 aliphatic rings. The molecule has 0 heterocycles. The molecule has 160 valence electrons. The van der Waals surface area contributed by atoms with Gasteiger partial charge in [-0.1, -0.05) is 60.7 Å². The summed E-state index contributed by atoms with van der Waals surface area (Å²) in [6, 6.07) is 19.1. The average Bonchev–Trinajstić information content (AvgIpc) is 2.71. The fourth-order valence-electron chi connectivity index (χ4n) is 2.63. The second-order valence-electron chi connectivity index (χ2n) is 7.72. The molecule has 1 atom stereocenters. The monoisotopic (exact) mass is 411 g/mol. The standard InChI is InChI=1S/C23H29N3O4/c1-22(2,3)30-21(28)26-23(20(27)29-4,25-16-19-13-9-6-10-14-19)17-24-15-18-11-7-5-8-12-18/h5-14,17,25H,15-16H2,1-4H3,(H,26,28). The zero-order chi connectivity index (χ0) is 22.0. The number of carbonyl (C=O) groups excluding carboxylic acids is 2. The Morgan fingerprint density at radius 2 is 1.53 bits per heavy atom. The number of hydrogen-bond acceptors (Lipinski definition) is 6. The fraction of sp³-hybridized carbons (Fsp3) is 0.348. The molecule has 2 aromatic rings. The van der Waals surface area contributed by atoms with Crippen LogP contribution in [0.25, 0.3) is 0 Å². The number of amides is 1. The molecule has 0 fully saturated rings. The van der Waals surface area contributed by atoms with Gasteiger partial charge in [-0.15, -0.1) is 0 Å². The first-order valence-electron chi connectivity index (χ1n) is 9.67. The first-order chi connectivity index (χ1) is 14.2. The highest BCUT2D eigenvalue weighted by atomic mass is 16.6. The third-order valence-electron chi connectivity index (χ3n) is 4.02. The van der Waals surface area contributed by atoms with E-state index in [1.807, 2.05) is 60.7 Å². The largest absolute Gasteiger partial charge is 0.466 e. The van der Waals surface area contributed by atoms with Gasteiger partial charge in [-0.3, -0.25) is 15.6 Å². The predicted octanol–water partition coefficient (Wildman–Crippen LogP) is 3.44. The zero-order valence-electron chi connectivity index (χ0n) is 17.8. The maximum absolute atomic E-state index is 12.8. The van der Waals surface area contributed by atoms with Crippen molar-refractivity contribution in [2.45, 2.75) is 45.1 Å². The molecular weight excluding hydrogens is 382 g/mol. The maximum Gasteiger partial charge on any atom is 0.409 e. The number of carbonyl (C=O) groups is 2. The highest BCUT2D eigenvalue weighted by Gasteiger charge is 2.41. The van der Waals surface area contributed by atoms with Gasteiger partial charge >= 0.3 is 12.1 Å². The fourth-order valence-corrected chi connectivity index (χ4v) is 2.63. The molecule has 0 aliphatic heterocycles. The van der Waals surface area contributed by atoms with Gasteiger partial charge in [0.05, 0.1) is 19.9 Å². The molecule has 2 rings (SSSR count). The normalized spacial score (nSPS) is 13.5. The maximum atomic E-state index is 12.8. The van der Waals surface area contributed by atoms with Crippen molar-refractivity contribution >= 4 is 18.3 Å². The van der Waals surface area contributed by atoms with Gasteiger partial charge in [0, 0.05) is 6.54 Å². The van der Waals surface area contributed by atoms with Crippen LogP contribution < -0.4 is 10.6 Å². The van der Waals surface area contributed by atoms with Crippen LogP contribution in [0.15, 0.2) is 65.7 Å². The summed E-state index contributed by atoms with van der Waals surface area (Å²) < 4.78 is 10.3. The molecule has 0 radical (unpaired) electrons. The molecule has 7 nitrogen and oxygen atoms in total. The second-order valence-corrected chi connectivity index (χ2v) is 7.72. The molecule has 1 unspecified atom stereocenters. The summed E-state index contributed by atoms with van der Waals surface area (Å²) in [6.45, 7) is 5.86. The first-order valence-corrected chi connectivity index (χ1v) is 9.67. The van der Waals surface area contributed by atoms with Gasteiger partial charge in [0.25, 0.3) is 0 Å². The van der Waals surface area contributed by atoms with Crippen LogP contribution in [0.2, 0.25) is 0 Å². The number of ether oxygens (including phenoxy) is 2. The van der Waals surface area contributed by atoms with Gasteiger partial charge in [0.1, 0.15) is 5.60 Å². The van der Waals surface area contributed by atoms with Crippen molar-refractivity contribution in [3.05, 3.63) is 71.8 Å². The number of alkyl carbamates (subject to hydrolysis) is 1. The smallest absolute Gasteiger partial charge is 0.409 e. The van der Waals surface area contributed by atoms with E-state index in [4.69, 9.17) is 9.47 Å². The second kappa shape index (κ2) is 10.5. The average molecular weight is 412 g/mol. The van der Waals surface area contributed by atoms with Crippen LogP contribution in [-0.2, 0) is 27.4 Å². The van der Waals surface area contributed by atoms with E-state index in [1.54, 1.807) is 20.8 Å². The number of nitrogens with zero attached hydrogens (tertiary/aromatic N) is 1. The highest BCUT2D eigenvalue weighted by molar-refractivity contribution is 6.02. The number of methoxy groups -OCH3 is 1. The van der Waals surface area contributed by atoms with Crippen molar-refractivity contribution in [2.75, 3.05) is 7.11 Å². The number of benzene rings is 2. The van der Waals surface area contributed by atoms with Crippen LogP contribution >= 0.6 is 0 Å². The van der Waals surface area contributed by atoms with Crippen LogP contribution in [0.5, 0.6) is 0 Å². The van der Waals surface area contributed by atoms with Crippen molar-refractivity contribution in [2.24, 2.45) is 4.99 Å². The number of nitrogens with one attached hydrogen (secondary N) is 2. The van der Waals surface area contributed by atoms with Crippen molar-refractivity contribution in [3.8, 4) is 0 Å². The van der Waals surface area contributed by atoms with Gasteiger partial charge in [-0.25, -0.2) is 9.59 Å². The van der Waals surface area contributed by atoms with Crippen LogP contribution in [0.3, 0.4) is 0 Å². The molecule has 0 bridgehead atoms. The molecule has 7 heteroatoms. The van der Waals surface area contributed by atoms with Crippen LogP contribution in [0.4, 0.5) is 4.79 Å². The van der Waals surface area contributed by atoms with Gasteiger partial charge in [-0.2, -0.15) is 0 Å². The lowest BCUT2D eigenvalue weighted by Gasteiger charge is -2.31. The third-order valence-corrected chi connectivity index (χ3v) is 4.02. The number of rotatable bonds is 8. The van der Waals surface area contributed by atoms with E-state index in [1.165, 1.54) is 13.3 Å². The van der Waals surface area contributed by atoms with Gasteiger partial charge in [0.15, 0.2) is 0 Å². The summed E-state index contributed by atoms with van der Waals surface area (Å²) in [4.78, 5) is 29.6. The van der Waals surface area contributed by atoms with E-state index in [0.717, 1.165) is 11.1 Å². The topological polar surface area (TPSA) is 89.0 Å². The Morgan fingerprint density at radius 1 is 0.967 bits per heavy atom. The van der Waals surface area contributed by atoms with Crippen LogP contribution in [-0.4, -0.2) is 36.7 Å². The summed E-state index contributed by atoms with van der Waals surface area (Å²) >= 11 is 0. The Kier molecular flexibility index (Phi) is 8.12. The molecule has 0 saturated heterocycles. The summed E-state index contributed by atoms with van der Waals surface area (Å²) in [5, 5.41) is 5.67. The summed E-state index contributed by atoms with van der Waals surface area (Å²) in [5.74, 6) is -0.707. The lowest BCUT2D eigenvalue weighted by Crippen LogP contribution is -2.66. The first kappa shape index (κ1) is 23.1. The minimum atomic E-state index is -1.69. The van der Waals surface area contributed by atoms with E-state index in [-0.39, 0.29) is 0 Å². The molecule has 0 spiro atoms. The lowest BCUT2D eigenvalue weighted by molar-refractivity contribution is -0.146. The molecule has 2 aromatic carbocycles. The molecule has 0 aromatic heterocycles. The van der Waals surface area contributed by atoms with E-state index in [2.05, 4.69) is 15.6 Å². The van der Waals surface area contributed by atoms with Gasteiger partial charge in [-0.05, 0) is 31.9 Å². The zero-order valence-corrected chi connectivity index (χ0v) is 17.8. The number of aliphatic imine (C=N–C) groups is 1. The minimum Gasteiger partial charge on any atom is -0.466 e. The van der Waals surface area contributed by atoms with Crippen LogP contribution in [0.1, 0.15) is 31.9 Å². The molecule has 2 N–H and O–H groups in total. The van der Waals surface area contributed by atoms with Gasteiger partial charge in [0.2, 0.25) is 5.66 Å². The van der Waals surface area contributed by atoms with E-state index < -0.39 is 23.3 Å². The Morgan fingerprint density at radius 3 is 2.07 bits per heavy atom. The quantitative estimate of drug-likeness (QED) is 0.395. The minimum absolute atomic E-state index is 0.295. The molecule has 30 heavy (non-hydrogen) atoms.